The maximum absolute atomic E-state index is 12.2. The van der Waals surface area contributed by atoms with E-state index in [9.17, 15) is 45.0 Å². The zero-order valence-electron chi connectivity index (χ0n) is 45.5. The van der Waals surface area contributed by atoms with Gasteiger partial charge in [0.25, 0.3) is 0 Å². The fraction of sp³-hybridized carbons (Fsp3) is 0.516. The molecule has 1 aromatic heterocycles. The van der Waals surface area contributed by atoms with Gasteiger partial charge in [-0.2, -0.15) is 0 Å². The summed E-state index contributed by atoms with van der Waals surface area (Å²) < 4.78 is 8.82. The van der Waals surface area contributed by atoms with Crippen LogP contribution in [0.5, 0.6) is 23.0 Å². The van der Waals surface area contributed by atoms with Gasteiger partial charge in [-0.3, -0.25) is 14.4 Å². The molecule has 5 aliphatic rings. The molecule has 8 bridgehead atoms. The van der Waals surface area contributed by atoms with E-state index in [0.29, 0.717) is 72.8 Å². The van der Waals surface area contributed by atoms with Crippen LogP contribution < -0.4 is 4.74 Å². The van der Waals surface area contributed by atoms with Crippen LogP contribution in [0.3, 0.4) is 0 Å². The molecule has 10 rings (SSSR count). The predicted octanol–water partition coefficient (Wildman–Crippen LogP) is 12.1. The van der Waals surface area contributed by atoms with E-state index in [1.54, 1.807) is 42.0 Å². The third-order valence-corrected chi connectivity index (χ3v) is 19.3. The van der Waals surface area contributed by atoms with Crippen LogP contribution in [0.4, 0.5) is 0 Å². The van der Waals surface area contributed by atoms with Crippen LogP contribution in [0.15, 0.2) is 72.4 Å². The molecule has 0 saturated heterocycles. The van der Waals surface area contributed by atoms with Crippen molar-refractivity contribution >= 4 is 17.9 Å². The quantitative estimate of drug-likeness (QED) is 0.0530. The highest BCUT2D eigenvalue weighted by Crippen LogP contribution is 2.68. The summed E-state index contributed by atoms with van der Waals surface area (Å²) in [5.74, 6) is 1.50. The molecule has 8 atom stereocenters. The second-order valence-electron chi connectivity index (χ2n) is 24.8. The first kappa shape index (κ1) is 53.8. The number of hydrogen-bond donors (Lipinski definition) is 6. The lowest BCUT2D eigenvalue weighted by atomic mass is 9.47. The van der Waals surface area contributed by atoms with Gasteiger partial charge in [-0.15, -0.1) is 5.10 Å². The number of carbonyl (C=O) groups is 3. The lowest BCUT2D eigenvalue weighted by molar-refractivity contribution is -0.137. The minimum absolute atomic E-state index is 0.0531. The Kier molecular flexibility index (Phi) is 15.1. The van der Waals surface area contributed by atoms with Crippen molar-refractivity contribution in [2.75, 3.05) is 0 Å². The van der Waals surface area contributed by atoms with Crippen LogP contribution >= 0.6 is 0 Å². The predicted molar refractivity (Wildman–Crippen MR) is 292 cm³/mol. The molecule has 5 aromatic rings. The van der Waals surface area contributed by atoms with Gasteiger partial charge in [-0.1, -0.05) is 125 Å². The number of aromatic hydroxyl groups is 3. The smallest absolute Gasteiger partial charge is 0.307 e. The largest absolute Gasteiger partial charge is 0.507 e. The molecule has 6 N–H and O–H groups in total. The molecule has 77 heavy (non-hydrogen) atoms. The third-order valence-electron chi connectivity index (χ3n) is 19.3. The topological polar surface area (TPSA) is 213 Å². The van der Waals surface area contributed by atoms with E-state index in [1.807, 2.05) is 29.1 Å². The number of phenols is 3. The van der Waals surface area contributed by atoms with Gasteiger partial charge in [0, 0.05) is 25.7 Å². The molecule has 3 saturated carbocycles. The van der Waals surface area contributed by atoms with Crippen molar-refractivity contribution in [3.63, 3.8) is 0 Å². The normalized spacial score (nSPS) is 25.0. The van der Waals surface area contributed by atoms with Gasteiger partial charge < -0.3 is 35.4 Å². The van der Waals surface area contributed by atoms with E-state index in [0.717, 1.165) is 48.9 Å². The molecule has 0 amide bonds. The van der Waals surface area contributed by atoms with E-state index in [4.69, 9.17) is 9.95 Å². The average molecular weight is 1050 g/mol. The Morgan fingerprint density at radius 3 is 1.70 bits per heavy atom. The Balaban J connectivity index is 0.934. The maximum atomic E-state index is 12.2. The zero-order valence-corrected chi connectivity index (χ0v) is 45.5. The van der Waals surface area contributed by atoms with Crippen molar-refractivity contribution in [2.24, 2.45) is 46.3 Å². The summed E-state index contributed by atoms with van der Waals surface area (Å²) in [6, 6.07) is 15.3. The Labute approximate surface area is 452 Å². The Morgan fingerprint density at radius 2 is 1.19 bits per heavy atom. The molecule has 0 spiro atoms. The first-order valence-electron chi connectivity index (χ1n) is 28.3. The summed E-state index contributed by atoms with van der Waals surface area (Å²) in [6.45, 7) is 12.5. The molecule has 13 heteroatoms. The molecule has 0 unspecified atom stereocenters. The van der Waals surface area contributed by atoms with Crippen molar-refractivity contribution < 1.29 is 49.8 Å². The molecule has 3 fully saturated rings. The van der Waals surface area contributed by atoms with E-state index in [-0.39, 0.29) is 91.4 Å². The van der Waals surface area contributed by atoms with Gasteiger partial charge in [0.05, 0.1) is 31.5 Å². The van der Waals surface area contributed by atoms with Crippen molar-refractivity contribution in [3.8, 4) is 23.0 Å². The van der Waals surface area contributed by atoms with Crippen molar-refractivity contribution in [3.05, 3.63) is 139 Å². The highest BCUT2D eigenvalue weighted by Gasteiger charge is 2.59. The fourth-order valence-electron chi connectivity index (χ4n) is 15.7. The number of allylic oxidation sites excluding steroid dienone is 2. The van der Waals surface area contributed by atoms with Gasteiger partial charge in [-0.05, 0) is 159 Å². The zero-order chi connectivity index (χ0) is 54.5. The summed E-state index contributed by atoms with van der Waals surface area (Å²) in [5.41, 5.74) is 7.45. The number of ether oxygens (including phenoxy) is 1. The first-order chi connectivity index (χ1) is 36.8. The average Bonchev–Trinajstić information content (AvgIpc) is 4.19. The van der Waals surface area contributed by atoms with Crippen molar-refractivity contribution in [2.45, 2.75) is 163 Å². The number of aromatic nitrogens is 3. The van der Waals surface area contributed by atoms with E-state index in [1.165, 1.54) is 51.4 Å². The van der Waals surface area contributed by atoms with E-state index in [2.05, 4.69) is 45.8 Å². The SMILES string of the molecule is CC(C)CCC[C@@H](C)[C@H]1CC[C@H]2[C@@H]3CC=C4C[C@H](n5cc(COc6c7cccc6Cc6cc(CC(=O)O)cc(c6O)Cc6cc(CC(=O)O)cc(c6O)Cc6cc(CC(=O)O)cc(c6O)C7)nn5)CC[C@]4(C)[C@H]3CC[C@]12C. The van der Waals surface area contributed by atoms with Gasteiger partial charge in [-0.25, -0.2) is 4.68 Å². The van der Waals surface area contributed by atoms with Gasteiger partial charge >= 0.3 is 17.9 Å². The molecule has 0 radical (unpaired) electrons. The summed E-state index contributed by atoms with van der Waals surface area (Å²) >= 11 is 0. The monoisotopic (exact) mass is 1050 g/mol. The number of aliphatic carboxylic acids is 3. The van der Waals surface area contributed by atoms with Crippen LogP contribution in [0, 0.1) is 46.3 Å². The Bertz CT molecular complexity index is 3000. The molecule has 13 nitrogen and oxygen atoms in total. The van der Waals surface area contributed by atoms with Gasteiger partial charge in [0.1, 0.15) is 35.3 Å². The first-order valence-corrected chi connectivity index (χ1v) is 28.3. The lowest BCUT2D eigenvalue weighted by Crippen LogP contribution is -2.50. The second kappa shape index (κ2) is 21.7. The Morgan fingerprint density at radius 1 is 0.675 bits per heavy atom. The summed E-state index contributed by atoms with van der Waals surface area (Å²) in [6.07, 6.45) is 17.3. The number of carboxylic acids is 3. The second-order valence-corrected chi connectivity index (χ2v) is 24.8. The number of benzene rings is 4. The third kappa shape index (κ3) is 11.0. The van der Waals surface area contributed by atoms with E-state index >= 15 is 0 Å². The molecule has 0 aliphatic heterocycles. The lowest BCUT2D eigenvalue weighted by Gasteiger charge is -2.58. The van der Waals surface area contributed by atoms with Crippen LogP contribution in [0.2, 0.25) is 0 Å². The van der Waals surface area contributed by atoms with E-state index < -0.39 is 17.9 Å². The molecule has 4 aromatic carbocycles. The maximum Gasteiger partial charge on any atom is 0.307 e. The van der Waals surface area contributed by atoms with Crippen LogP contribution in [0.25, 0.3) is 0 Å². The van der Waals surface area contributed by atoms with Crippen molar-refractivity contribution in [1.82, 2.24) is 15.0 Å². The molecule has 408 valence electrons. The molecular formula is C64H77N3O10. The number of nitrogens with zero attached hydrogens (tertiary/aromatic N) is 3. The van der Waals surface area contributed by atoms with Gasteiger partial charge in [0.2, 0.25) is 0 Å². The number of rotatable bonds is 15. The minimum Gasteiger partial charge on any atom is -0.507 e. The standard InChI is InChI=1S/C64H77N3O10/c1-36(2)8-6-9-37(3)53-14-15-54-52-13-12-49-33-51(16-18-63(49,4)55(52)17-19-64(53,54)5)67-34-50(65-66-67)35-77-62-41-10-7-11-42(62)30-44-21-39(27-57(70)71)23-46(60(44)75)32-48-25-40(28-58(72)73)24-47(61(48)76)31-45-22-38(26-56(68)69)20-43(29-41)59(45)74/h7,10-12,20-25,34,36-37,51-55,74-76H,6,8-9,13-19,26-33,35H2,1-5H3,(H,68,69)(H,70,71)(H,72,73)/t37-,51-,52+,53-,54+,55+,63+,64-/m1/s1. The van der Waals surface area contributed by atoms with Crippen LogP contribution in [0.1, 0.15) is 178 Å². The number of phenolic OH excluding ortho intramolecular Hbond substituents is 3. The number of carboxylic acid groups (broad SMARTS) is 3. The summed E-state index contributed by atoms with van der Waals surface area (Å²) in [5, 5.41) is 74.9. The Hall–Kier alpha value is -6.63. The van der Waals surface area contributed by atoms with Crippen LogP contribution in [-0.2, 0) is 65.9 Å². The molecule has 5 aliphatic carbocycles. The molecule has 1 heterocycles. The van der Waals surface area contributed by atoms with Gasteiger partial charge in [0.15, 0.2) is 0 Å². The summed E-state index contributed by atoms with van der Waals surface area (Å²) in [7, 11) is 0. The number of fused-ring (bicyclic) bond motifs is 13. The molecular weight excluding hydrogens is 971 g/mol. The fourth-order valence-corrected chi connectivity index (χ4v) is 15.7. The highest BCUT2D eigenvalue weighted by atomic mass is 16.5. The highest BCUT2D eigenvalue weighted by molar-refractivity contribution is 5.73. The van der Waals surface area contributed by atoms with Crippen molar-refractivity contribution in [1.29, 1.82) is 0 Å². The van der Waals surface area contributed by atoms with Crippen LogP contribution in [-0.4, -0.2) is 63.5 Å². The number of hydrogen-bond acceptors (Lipinski definition) is 9. The number of para-hydroxylation sites is 1. The summed E-state index contributed by atoms with van der Waals surface area (Å²) in [4.78, 5) is 36.3. The minimum atomic E-state index is -1.10.